The Hall–Kier alpha value is -1.09. The first-order valence-corrected chi connectivity index (χ1v) is 7.37. The molecule has 1 aromatic rings. The van der Waals surface area contributed by atoms with Crippen molar-refractivity contribution in [3.63, 3.8) is 0 Å². The minimum absolute atomic E-state index is 0.0450. The topological polar surface area (TPSA) is 34.1 Å². The lowest BCUT2D eigenvalue weighted by Crippen LogP contribution is -2.12. The Morgan fingerprint density at radius 3 is 2.12 bits per heavy atom. The molecule has 0 radical (unpaired) electrons. The van der Waals surface area contributed by atoms with Crippen molar-refractivity contribution in [2.24, 2.45) is 0 Å². The van der Waals surface area contributed by atoms with Crippen LogP contribution in [0.15, 0.2) is 41.8 Å². The van der Waals surface area contributed by atoms with E-state index >= 15 is 0 Å². The van der Waals surface area contributed by atoms with Gasteiger partial charge in [-0.05, 0) is 29.5 Å². The summed E-state index contributed by atoms with van der Waals surface area (Å²) in [5.74, 6) is 0.130. The van der Waals surface area contributed by atoms with Gasteiger partial charge in [0.1, 0.15) is 0 Å². The van der Waals surface area contributed by atoms with Crippen molar-refractivity contribution in [2.45, 2.75) is 37.5 Å². The molecule has 0 amide bonds. The zero-order chi connectivity index (χ0) is 13.1. The van der Waals surface area contributed by atoms with E-state index in [-0.39, 0.29) is 11.2 Å². The van der Waals surface area contributed by atoms with Gasteiger partial charge in [-0.3, -0.25) is 0 Å². The Morgan fingerprint density at radius 1 is 1.18 bits per heavy atom. The van der Waals surface area contributed by atoms with Crippen LogP contribution in [0, 0.1) is 0 Å². The molecule has 0 spiro atoms. The van der Waals surface area contributed by atoms with Gasteiger partial charge in [0.05, 0.1) is 10.6 Å². The second-order valence-corrected chi connectivity index (χ2v) is 7.28. The van der Waals surface area contributed by atoms with E-state index in [0.717, 1.165) is 5.56 Å². The van der Waals surface area contributed by atoms with Gasteiger partial charge in [0.2, 0.25) is 0 Å². The first kappa shape index (κ1) is 14.0. The van der Waals surface area contributed by atoms with E-state index in [1.165, 1.54) is 0 Å². The molecule has 1 rings (SSSR count). The molecule has 0 aliphatic rings. The summed E-state index contributed by atoms with van der Waals surface area (Å²) in [7, 11) is -3.16. The van der Waals surface area contributed by atoms with Gasteiger partial charge in [-0.1, -0.05) is 39.0 Å². The summed E-state index contributed by atoms with van der Waals surface area (Å²) in [6, 6.07) is 7.17. The molecule has 3 heteroatoms. The maximum atomic E-state index is 11.9. The van der Waals surface area contributed by atoms with Gasteiger partial charge in [0.15, 0.2) is 9.84 Å². The lowest BCUT2D eigenvalue weighted by molar-refractivity contribution is 0.586. The van der Waals surface area contributed by atoms with E-state index in [1.807, 2.05) is 12.1 Å². The molecule has 0 unspecified atom stereocenters. The molecule has 2 nitrogen and oxygen atoms in total. The van der Waals surface area contributed by atoms with Crippen LogP contribution in [-0.4, -0.2) is 14.2 Å². The van der Waals surface area contributed by atoms with Gasteiger partial charge in [0.25, 0.3) is 0 Å². The average molecular weight is 252 g/mol. The molecule has 0 aromatic heterocycles. The SMILES string of the molecule is C=CCCS(=O)(=O)c1ccc(C(C)(C)C)cc1. The van der Waals surface area contributed by atoms with Crippen LogP contribution in [-0.2, 0) is 15.3 Å². The zero-order valence-electron chi connectivity index (χ0n) is 10.7. The van der Waals surface area contributed by atoms with Crippen LogP contribution in [0.4, 0.5) is 0 Å². The third-order valence-corrected chi connectivity index (χ3v) is 4.43. The van der Waals surface area contributed by atoms with Gasteiger partial charge in [-0.15, -0.1) is 6.58 Å². The molecule has 0 fully saturated rings. The Bertz CT molecular complexity index is 476. The van der Waals surface area contributed by atoms with Crippen molar-refractivity contribution in [2.75, 3.05) is 5.75 Å². The van der Waals surface area contributed by atoms with Crippen LogP contribution < -0.4 is 0 Å². The van der Waals surface area contributed by atoms with E-state index < -0.39 is 9.84 Å². The van der Waals surface area contributed by atoms with Gasteiger partial charge in [0, 0.05) is 0 Å². The van der Waals surface area contributed by atoms with Gasteiger partial charge in [-0.25, -0.2) is 8.42 Å². The number of benzene rings is 1. The first-order chi connectivity index (χ1) is 7.77. The molecule has 0 bridgehead atoms. The second-order valence-electron chi connectivity index (χ2n) is 5.17. The first-order valence-electron chi connectivity index (χ1n) is 5.71. The predicted molar refractivity (Wildman–Crippen MR) is 72.0 cm³/mol. The van der Waals surface area contributed by atoms with Crippen molar-refractivity contribution >= 4 is 9.84 Å². The summed E-state index contributed by atoms with van der Waals surface area (Å²) < 4.78 is 23.8. The van der Waals surface area contributed by atoms with Crippen LogP contribution >= 0.6 is 0 Å². The van der Waals surface area contributed by atoms with E-state index in [9.17, 15) is 8.42 Å². The Labute approximate surface area is 104 Å². The van der Waals surface area contributed by atoms with E-state index in [2.05, 4.69) is 27.4 Å². The summed E-state index contributed by atoms with van der Waals surface area (Å²) in [6.07, 6.45) is 2.12. The van der Waals surface area contributed by atoms with Crippen molar-refractivity contribution < 1.29 is 8.42 Å². The molecule has 0 atom stereocenters. The maximum absolute atomic E-state index is 11.9. The third-order valence-electron chi connectivity index (χ3n) is 2.67. The smallest absolute Gasteiger partial charge is 0.178 e. The highest BCUT2D eigenvalue weighted by Crippen LogP contribution is 2.23. The molecule has 0 N–H and O–H groups in total. The molecule has 17 heavy (non-hydrogen) atoms. The fourth-order valence-electron chi connectivity index (χ4n) is 1.52. The molecule has 0 aliphatic carbocycles. The molecule has 1 aromatic carbocycles. The molecule has 0 saturated carbocycles. The zero-order valence-corrected chi connectivity index (χ0v) is 11.5. The minimum Gasteiger partial charge on any atom is -0.224 e. The highest BCUT2D eigenvalue weighted by Gasteiger charge is 2.16. The predicted octanol–water partition coefficient (Wildman–Crippen LogP) is 3.33. The Kier molecular flexibility index (Phi) is 4.15. The summed E-state index contributed by atoms with van der Waals surface area (Å²) in [4.78, 5) is 0.396. The van der Waals surface area contributed by atoms with Crippen molar-refractivity contribution in [3.8, 4) is 0 Å². The third kappa shape index (κ3) is 3.70. The van der Waals surface area contributed by atoms with Crippen molar-refractivity contribution in [3.05, 3.63) is 42.5 Å². The normalized spacial score (nSPS) is 12.4. The molecule has 0 heterocycles. The highest BCUT2D eigenvalue weighted by molar-refractivity contribution is 7.91. The van der Waals surface area contributed by atoms with Crippen molar-refractivity contribution in [1.82, 2.24) is 0 Å². The molecular formula is C14H20O2S. The molecule has 0 aliphatic heterocycles. The number of sulfone groups is 1. The monoisotopic (exact) mass is 252 g/mol. The van der Waals surface area contributed by atoms with Gasteiger partial charge in [-0.2, -0.15) is 0 Å². The average Bonchev–Trinajstić information content (AvgIpc) is 2.25. The van der Waals surface area contributed by atoms with E-state index in [4.69, 9.17) is 0 Å². The van der Waals surface area contributed by atoms with Crippen LogP contribution in [0.1, 0.15) is 32.8 Å². The van der Waals surface area contributed by atoms with E-state index in [0.29, 0.717) is 11.3 Å². The standard InChI is InChI=1S/C14H20O2S/c1-5-6-11-17(15,16)13-9-7-12(8-10-13)14(2,3)4/h5,7-10H,1,6,11H2,2-4H3. The number of hydrogen-bond donors (Lipinski definition) is 0. The summed E-state index contributed by atoms with van der Waals surface area (Å²) in [5, 5.41) is 0. The fourth-order valence-corrected chi connectivity index (χ4v) is 2.78. The van der Waals surface area contributed by atoms with Crippen molar-refractivity contribution in [1.29, 1.82) is 0 Å². The van der Waals surface area contributed by atoms with Crippen LogP contribution in [0.3, 0.4) is 0 Å². The van der Waals surface area contributed by atoms with Crippen LogP contribution in [0.25, 0.3) is 0 Å². The minimum atomic E-state index is -3.16. The van der Waals surface area contributed by atoms with Gasteiger partial charge >= 0.3 is 0 Å². The second kappa shape index (κ2) is 5.05. The highest BCUT2D eigenvalue weighted by atomic mass is 32.2. The maximum Gasteiger partial charge on any atom is 0.178 e. The largest absolute Gasteiger partial charge is 0.224 e. The number of allylic oxidation sites excluding steroid dienone is 1. The van der Waals surface area contributed by atoms with Crippen LogP contribution in [0.5, 0.6) is 0 Å². The Morgan fingerprint density at radius 2 is 1.71 bits per heavy atom. The molecular weight excluding hydrogens is 232 g/mol. The lowest BCUT2D eigenvalue weighted by atomic mass is 9.87. The quantitative estimate of drug-likeness (QED) is 0.770. The Balaban J connectivity index is 2.99. The number of hydrogen-bond acceptors (Lipinski definition) is 2. The molecule has 94 valence electrons. The lowest BCUT2D eigenvalue weighted by Gasteiger charge is -2.19. The summed E-state index contributed by atoms with van der Waals surface area (Å²) in [6.45, 7) is 9.86. The summed E-state index contributed by atoms with van der Waals surface area (Å²) >= 11 is 0. The van der Waals surface area contributed by atoms with Crippen LogP contribution in [0.2, 0.25) is 0 Å². The van der Waals surface area contributed by atoms with E-state index in [1.54, 1.807) is 18.2 Å². The van der Waals surface area contributed by atoms with Gasteiger partial charge < -0.3 is 0 Å². The fraction of sp³-hybridized carbons (Fsp3) is 0.429. The summed E-state index contributed by atoms with van der Waals surface area (Å²) in [5.41, 5.74) is 1.18. The number of rotatable bonds is 4. The molecule has 0 saturated heterocycles.